The first kappa shape index (κ1) is 59.5. The Labute approximate surface area is 504 Å². The van der Waals surface area contributed by atoms with Crippen molar-refractivity contribution in [3.8, 4) is 0 Å². The fourth-order valence-corrected chi connectivity index (χ4v) is 15.2. The SMILES string of the molecule is CCCCN1/C(=C/C=C2\CCCC(/C=C/C3=[N+](CCCCCCCC[N+]4=C(/C=C/C5=C(Cl)C(=C/C=C6/N(CCCC)c7ccccc7C6(C)C)/CCC5)C(C)(C)c5ccccc54)c4ccccc4C3(C)C)=C2Cl)C(C)(C)c2ccccc21. The highest BCUT2D eigenvalue weighted by atomic mass is 35.5. The van der Waals surface area contributed by atoms with Gasteiger partial charge in [-0.1, -0.05) is 188 Å². The Hall–Kier alpha value is -5.68. The van der Waals surface area contributed by atoms with Crippen LogP contribution in [-0.2, 0) is 21.7 Å². The van der Waals surface area contributed by atoms with E-state index in [4.69, 9.17) is 23.2 Å². The smallest absolute Gasteiger partial charge is 0.209 e. The van der Waals surface area contributed by atoms with Crippen molar-refractivity contribution in [3.05, 3.63) is 212 Å². The third-order valence-corrected chi connectivity index (χ3v) is 20.3. The molecule has 0 aromatic heterocycles. The quantitative estimate of drug-likeness (QED) is 0.0609. The van der Waals surface area contributed by atoms with Crippen molar-refractivity contribution < 1.29 is 9.15 Å². The molecule has 0 spiro atoms. The minimum atomic E-state index is -0.106. The normalized spacial score (nSPS) is 21.7. The van der Waals surface area contributed by atoms with Gasteiger partial charge in [0.15, 0.2) is 11.4 Å². The van der Waals surface area contributed by atoms with Gasteiger partial charge in [-0.2, -0.15) is 9.15 Å². The fraction of sp³-hybridized carbons (Fsp3) is 0.447. The lowest BCUT2D eigenvalue weighted by Crippen LogP contribution is -2.28. The van der Waals surface area contributed by atoms with E-state index < -0.39 is 0 Å². The van der Waals surface area contributed by atoms with E-state index in [-0.39, 0.29) is 21.7 Å². The van der Waals surface area contributed by atoms with Crippen LogP contribution < -0.4 is 9.80 Å². The summed E-state index contributed by atoms with van der Waals surface area (Å²) in [6.45, 7) is 27.8. The summed E-state index contributed by atoms with van der Waals surface area (Å²) in [4.78, 5) is 5.11. The Kier molecular flexibility index (Phi) is 18.3. The van der Waals surface area contributed by atoms with E-state index in [1.807, 2.05) is 0 Å². The molecular weight excluding hydrogens is 1040 g/mol. The van der Waals surface area contributed by atoms with E-state index in [2.05, 4.69) is 234 Å². The number of fused-ring (bicyclic) bond motifs is 4. The Morgan fingerprint density at radius 1 is 0.415 bits per heavy atom. The predicted octanol–water partition coefficient (Wildman–Crippen LogP) is 20.8. The summed E-state index contributed by atoms with van der Waals surface area (Å²) in [7, 11) is 0. The van der Waals surface area contributed by atoms with Crippen LogP contribution >= 0.6 is 23.2 Å². The van der Waals surface area contributed by atoms with Crippen LogP contribution in [0.15, 0.2) is 189 Å². The molecular formula is C76H94Cl2N4+2. The Bertz CT molecular complexity index is 3150. The zero-order chi connectivity index (χ0) is 57.8. The van der Waals surface area contributed by atoms with Crippen molar-refractivity contribution in [3.63, 3.8) is 0 Å². The Morgan fingerprint density at radius 3 is 1.18 bits per heavy atom. The zero-order valence-electron chi connectivity index (χ0n) is 51.5. The first-order chi connectivity index (χ1) is 39.5. The molecule has 0 fully saturated rings. The van der Waals surface area contributed by atoms with Gasteiger partial charge < -0.3 is 9.80 Å². The number of hydrogen-bond donors (Lipinski definition) is 0. The number of halogens is 2. The first-order valence-electron chi connectivity index (χ1n) is 31.7. The molecule has 0 N–H and O–H groups in total. The number of benzene rings is 4. The minimum Gasteiger partial charge on any atom is -0.344 e. The second kappa shape index (κ2) is 25.3. The summed E-state index contributed by atoms with van der Waals surface area (Å²) in [5, 5.41) is 1.86. The maximum Gasteiger partial charge on any atom is 0.209 e. The van der Waals surface area contributed by atoms with Crippen molar-refractivity contribution in [1.82, 2.24) is 0 Å². The van der Waals surface area contributed by atoms with E-state index in [0.717, 1.165) is 87.6 Å². The maximum atomic E-state index is 7.41. The lowest BCUT2D eigenvalue weighted by atomic mass is 9.81. The van der Waals surface area contributed by atoms with Gasteiger partial charge in [-0.3, -0.25) is 0 Å². The molecule has 0 atom stereocenters. The minimum absolute atomic E-state index is 0.0656. The van der Waals surface area contributed by atoms with E-state index in [1.165, 1.54) is 141 Å². The van der Waals surface area contributed by atoms with Crippen molar-refractivity contribution in [2.24, 2.45) is 0 Å². The second-order valence-electron chi connectivity index (χ2n) is 26.3. The maximum absolute atomic E-state index is 7.41. The van der Waals surface area contributed by atoms with Crippen LogP contribution in [0.1, 0.15) is 194 Å². The van der Waals surface area contributed by atoms with Crippen molar-refractivity contribution in [2.45, 2.75) is 194 Å². The summed E-state index contributed by atoms with van der Waals surface area (Å²) in [6, 6.07) is 36.1. The van der Waals surface area contributed by atoms with Crippen molar-refractivity contribution in [2.75, 3.05) is 36.0 Å². The largest absolute Gasteiger partial charge is 0.344 e. The van der Waals surface area contributed by atoms with E-state index in [0.29, 0.717) is 0 Å². The number of anilines is 2. The monoisotopic (exact) mass is 1130 g/mol. The highest BCUT2D eigenvalue weighted by Gasteiger charge is 2.46. The molecule has 4 aliphatic heterocycles. The van der Waals surface area contributed by atoms with Crippen LogP contribution in [0, 0.1) is 0 Å². The molecule has 0 bridgehead atoms. The van der Waals surface area contributed by atoms with Gasteiger partial charge in [-0.05, 0) is 150 Å². The molecule has 430 valence electrons. The Morgan fingerprint density at radius 2 is 0.780 bits per heavy atom. The van der Waals surface area contributed by atoms with Crippen LogP contribution in [0.2, 0.25) is 0 Å². The molecule has 0 radical (unpaired) electrons. The second-order valence-corrected chi connectivity index (χ2v) is 27.1. The topological polar surface area (TPSA) is 12.5 Å². The molecule has 6 aliphatic rings. The molecule has 4 aromatic carbocycles. The van der Waals surface area contributed by atoms with Gasteiger partial charge in [0.2, 0.25) is 11.4 Å². The molecule has 0 saturated carbocycles. The van der Waals surface area contributed by atoms with Gasteiger partial charge in [0, 0.05) is 105 Å². The van der Waals surface area contributed by atoms with Crippen LogP contribution in [0.25, 0.3) is 0 Å². The molecule has 0 unspecified atom stereocenters. The van der Waals surface area contributed by atoms with Crippen molar-refractivity contribution >= 4 is 57.4 Å². The molecule has 4 nitrogen and oxygen atoms in total. The van der Waals surface area contributed by atoms with Crippen LogP contribution in [-0.4, -0.2) is 46.8 Å². The highest BCUT2D eigenvalue weighted by molar-refractivity contribution is 6.33. The van der Waals surface area contributed by atoms with Crippen molar-refractivity contribution in [1.29, 1.82) is 0 Å². The molecule has 10 rings (SSSR count). The fourth-order valence-electron chi connectivity index (χ4n) is 14.5. The third-order valence-electron chi connectivity index (χ3n) is 19.4. The van der Waals surface area contributed by atoms with Gasteiger partial charge in [0.05, 0.1) is 10.8 Å². The standard InChI is InChI=1S/C76H94Cl2N4/c1-11-13-51-79-63-39-23-19-35-59(63)73(3,4)67(79)47-43-55-31-29-33-57(71(55)77)45-49-69-75(7,8)61-37-21-25-41-65(61)81(69)53-27-17-15-16-18-28-54-82-66-42-26-22-38-62(66)76(9,10)70(82)50-46-58-34-30-32-56(72(58)78)44-48-68-74(5,6)60-36-20-24-40-64(60)80(68)52-14-12-2/h19-26,35-50H,11-18,27-34,51-54H2,1-10H3/q+2. The number of unbranched alkanes of at least 4 members (excludes halogenated alkanes) is 7. The highest BCUT2D eigenvalue weighted by Crippen LogP contribution is 2.50. The molecule has 82 heavy (non-hydrogen) atoms. The molecule has 0 amide bonds. The number of rotatable bonds is 21. The lowest BCUT2D eigenvalue weighted by molar-refractivity contribution is -0.438. The molecule has 4 aromatic rings. The van der Waals surface area contributed by atoms with Gasteiger partial charge in [0.1, 0.15) is 13.1 Å². The van der Waals surface area contributed by atoms with Crippen LogP contribution in [0.3, 0.4) is 0 Å². The molecule has 6 heteroatoms. The average molecular weight is 1130 g/mol. The number of hydrogen-bond acceptors (Lipinski definition) is 2. The van der Waals surface area contributed by atoms with E-state index in [1.54, 1.807) is 0 Å². The molecule has 0 saturated heterocycles. The van der Waals surface area contributed by atoms with Crippen LogP contribution in [0.4, 0.5) is 22.7 Å². The number of para-hydroxylation sites is 4. The van der Waals surface area contributed by atoms with E-state index in [9.17, 15) is 0 Å². The summed E-state index contributed by atoms with van der Waals surface area (Å²) >= 11 is 14.8. The summed E-state index contributed by atoms with van der Waals surface area (Å²) in [5.74, 6) is 0. The summed E-state index contributed by atoms with van der Waals surface area (Å²) < 4.78 is 5.24. The zero-order valence-corrected chi connectivity index (χ0v) is 53.1. The predicted molar refractivity (Wildman–Crippen MR) is 354 cm³/mol. The van der Waals surface area contributed by atoms with Gasteiger partial charge >= 0.3 is 0 Å². The van der Waals surface area contributed by atoms with Crippen LogP contribution in [0.5, 0.6) is 0 Å². The first-order valence-corrected chi connectivity index (χ1v) is 32.5. The summed E-state index contributed by atoms with van der Waals surface area (Å²) in [5.41, 5.74) is 21.2. The Balaban J connectivity index is 0.796. The average Bonchev–Trinajstić information content (AvgIpc) is 2.47. The third kappa shape index (κ3) is 11.6. The summed E-state index contributed by atoms with van der Waals surface area (Å²) in [6.07, 6.45) is 37.1. The lowest BCUT2D eigenvalue weighted by Gasteiger charge is -2.27. The van der Waals surface area contributed by atoms with Gasteiger partial charge in [-0.25, -0.2) is 0 Å². The molecule has 4 heterocycles. The number of nitrogens with zero attached hydrogens (tertiary/aromatic N) is 4. The number of allylic oxidation sites excluding steroid dienone is 16. The van der Waals surface area contributed by atoms with E-state index >= 15 is 0 Å². The van der Waals surface area contributed by atoms with Gasteiger partial charge in [-0.15, -0.1) is 0 Å². The molecule has 2 aliphatic carbocycles. The van der Waals surface area contributed by atoms with Gasteiger partial charge in [0.25, 0.3) is 0 Å².